The molecule has 0 aliphatic rings. The van der Waals surface area contributed by atoms with E-state index < -0.39 is 0 Å². The molecule has 104 valence electrons. The number of pyridine rings is 1. The number of unbranched alkanes of at least 4 members (excludes halogenated alkanes) is 1. The van der Waals surface area contributed by atoms with Crippen LogP contribution in [0.4, 0.5) is 11.5 Å². The summed E-state index contributed by atoms with van der Waals surface area (Å²) in [5.74, 6) is 0.608. The van der Waals surface area contributed by atoms with E-state index in [2.05, 4.69) is 42.2 Å². The number of hydrogen-bond acceptors (Lipinski definition) is 5. The fourth-order valence-electron chi connectivity index (χ4n) is 1.66. The van der Waals surface area contributed by atoms with Crippen LogP contribution in [0.3, 0.4) is 0 Å². The molecule has 0 atom stereocenters. The van der Waals surface area contributed by atoms with Crippen molar-refractivity contribution < 1.29 is 0 Å². The molecule has 0 bridgehead atoms. The lowest BCUT2D eigenvalue weighted by molar-refractivity contribution is 0.269. The molecule has 19 heavy (non-hydrogen) atoms. The first-order valence-corrected chi connectivity index (χ1v) is 6.65. The van der Waals surface area contributed by atoms with Gasteiger partial charge in [0.15, 0.2) is 5.82 Å². The van der Waals surface area contributed by atoms with Gasteiger partial charge in [0, 0.05) is 18.8 Å². The zero-order valence-corrected chi connectivity index (χ0v) is 12.0. The van der Waals surface area contributed by atoms with E-state index in [0.717, 1.165) is 25.9 Å². The predicted octanol–water partition coefficient (Wildman–Crippen LogP) is 2.07. The molecule has 0 saturated carbocycles. The molecular weight excluding hydrogens is 238 g/mol. The van der Waals surface area contributed by atoms with E-state index in [-0.39, 0.29) is 0 Å². The Bertz CT molecular complexity index is 436. The van der Waals surface area contributed by atoms with E-state index in [1.54, 1.807) is 12.3 Å². The van der Waals surface area contributed by atoms with Crippen LogP contribution in [0.5, 0.6) is 0 Å². The maximum atomic E-state index is 8.87. The summed E-state index contributed by atoms with van der Waals surface area (Å²) in [6.45, 7) is 6.28. The Balaban J connectivity index is 2.33. The van der Waals surface area contributed by atoms with Crippen molar-refractivity contribution >= 4 is 11.5 Å². The second-order valence-electron chi connectivity index (χ2n) is 4.94. The van der Waals surface area contributed by atoms with Gasteiger partial charge < -0.3 is 16.0 Å². The summed E-state index contributed by atoms with van der Waals surface area (Å²) in [6, 6.07) is 4.26. The molecular formula is C14H23N5. The average molecular weight is 261 g/mol. The van der Waals surface area contributed by atoms with Gasteiger partial charge in [-0.3, -0.25) is 0 Å². The molecule has 1 aromatic rings. The Hall–Kier alpha value is -1.80. The average Bonchev–Trinajstić information content (AvgIpc) is 2.39. The molecule has 3 N–H and O–H groups in total. The first kappa shape index (κ1) is 15.3. The van der Waals surface area contributed by atoms with Crippen molar-refractivity contribution in [3.8, 4) is 6.07 Å². The fraction of sp³-hybridized carbons (Fsp3) is 0.571. The van der Waals surface area contributed by atoms with Gasteiger partial charge in [-0.2, -0.15) is 5.26 Å². The zero-order valence-electron chi connectivity index (χ0n) is 12.0. The lowest BCUT2D eigenvalue weighted by Gasteiger charge is -2.20. The Morgan fingerprint density at radius 3 is 2.84 bits per heavy atom. The Labute approximate surface area is 115 Å². The van der Waals surface area contributed by atoms with Gasteiger partial charge in [-0.05, 0) is 46.3 Å². The van der Waals surface area contributed by atoms with Gasteiger partial charge >= 0.3 is 0 Å². The van der Waals surface area contributed by atoms with Crippen molar-refractivity contribution in [2.45, 2.75) is 32.7 Å². The molecule has 0 aliphatic heterocycles. The van der Waals surface area contributed by atoms with E-state index >= 15 is 0 Å². The third kappa shape index (κ3) is 4.76. The minimum atomic E-state index is 0.435. The minimum Gasteiger partial charge on any atom is -0.395 e. The van der Waals surface area contributed by atoms with Crippen molar-refractivity contribution in [3.63, 3.8) is 0 Å². The van der Waals surface area contributed by atoms with Gasteiger partial charge in [-0.1, -0.05) is 0 Å². The highest BCUT2D eigenvalue weighted by atomic mass is 15.1. The van der Waals surface area contributed by atoms with Crippen LogP contribution in [0, 0.1) is 11.3 Å². The number of nitrogens with one attached hydrogen (secondary N) is 1. The Kier molecular flexibility index (Phi) is 6.10. The smallest absolute Gasteiger partial charge is 0.150 e. The monoisotopic (exact) mass is 261 g/mol. The standard InChI is InChI=1S/C14H23N5/c1-11(2)19(3)9-5-4-7-17-14-13(16)12(10-15)6-8-18-14/h6,8,11H,4-5,7,9,16H2,1-3H3,(H,17,18). The van der Waals surface area contributed by atoms with Crippen LogP contribution >= 0.6 is 0 Å². The summed E-state index contributed by atoms with van der Waals surface area (Å²) in [7, 11) is 2.13. The summed E-state index contributed by atoms with van der Waals surface area (Å²) >= 11 is 0. The molecule has 0 spiro atoms. The molecule has 0 unspecified atom stereocenters. The normalized spacial score (nSPS) is 10.7. The number of rotatable bonds is 7. The van der Waals surface area contributed by atoms with Crippen molar-refractivity contribution in [3.05, 3.63) is 17.8 Å². The lowest BCUT2D eigenvalue weighted by Crippen LogP contribution is -2.27. The van der Waals surface area contributed by atoms with Crippen LogP contribution in [0.2, 0.25) is 0 Å². The number of hydrogen-bond donors (Lipinski definition) is 2. The molecule has 1 aromatic heterocycles. The highest BCUT2D eigenvalue weighted by molar-refractivity contribution is 5.68. The van der Waals surface area contributed by atoms with Gasteiger partial charge in [-0.15, -0.1) is 0 Å². The SMILES string of the molecule is CC(C)N(C)CCCCNc1nccc(C#N)c1N. The van der Waals surface area contributed by atoms with Crippen molar-refractivity contribution in [1.82, 2.24) is 9.88 Å². The quantitative estimate of drug-likeness (QED) is 0.735. The lowest BCUT2D eigenvalue weighted by atomic mass is 10.2. The third-order valence-electron chi connectivity index (χ3n) is 3.22. The maximum Gasteiger partial charge on any atom is 0.150 e. The second kappa shape index (κ2) is 7.59. The number of nitrogens with two attached hydrogens (primary N) is 1. The van der Waals surface area contributed by atoms with Crippen molar-refractivity contribution in [2.75, 3.05) is 31.2 Å². The van der Waals surface area contributed by atoms with E-state index in [1.165, 1.54) is 0 Å². The number of nitriles is 1. The second-order valence-corrected chi connectivity index (χ2v) is 4.94. The van der Waals surface area contributed by atoms with Crippen LogP contribution in [-0.2, 0) is 0 Å². The fourth-order valence-corrected chi connectivity index (χ4v) is 1.66. The van der Waals surface area contributed by atoms with Crippen LogP contribution in [0.25, 0.3) is 0 Å². The van der Waals surface area contributed by atoms with Crippen LogP contribution in [0.1, 0.15) is 32.3 Å². The Morgan fingerprint density at radius 2 is 2.21 bits per heavy atom. The van der Waals surface area contributed by atoms with Gasteiger partial charge in [0.25, 0.3) is 0 Å². The molecule has 0 aliphatic carbocycles. The first-order chi connectivity index (χ1) is 9.06. The van der Waals surface area contributed by atoms with Crippen molar-refractivity contribution in [2.24, 2.45) is 0 Å². The molecule has 5 heteroatoms. The van der Waals surface area contributed by atoms with E-state index in [1.807, 2.05) is 0 Å². The molecule has 0 saturated heterocycles. The molecule has 0 amide bonds. The Morgan fingerprint density at radius 1 is 1.47 bits per heavy atom. The molecule has 5 nitrogen and oxygen atoms in total. The van der Waals surface area contributed by atoms with E-state index in [4.69, 9.17) is 11.0 Å². The third-order valence-corrected chi connectivity index (χ3v) is 3.22. The van der Waals surface area contributed by atoms with Gasteiger partial charge in [0.05, 0.1) is 11.3 Å². The number of nitrogens with zero attached hydrogens (tertiary/aromatic N) is 3. The molecule has 0 aromatic carbocycles. The highest BCUT2D eigenvalue weighted by Gasteiger charge is 2.05. The number of nitrogen functional groups attached to an aromatic ring is 1. The van der Waals surface area contributed by atoms with Crippen LogP contribution in [-0.4, -0.2) is 36.1 Å². The minimum absolute atomic E-state index is 0.435. The van der Waals surface area contributed by atoms with Crippen LogP contribution < -0.4 is 11.1 Å². The summed E-state index contributed by atoms with van der Waals surface area (Å²) in [5, 5.41) is 12.1. The largest absolute Gasteiger partial charge is 0.395 e. The van der Waals surface area contributed by atoms with Crippen LogP contribution in [0.15, 0.2) is 12.3 Å². The highest BCUT2D eigenvalue weighted by Crippen LogP contribution is 2.18. The summed E-state index contributed by atoms with van der Waals surface area (Å²) in [6.07, 6.45) is 3.78. The topological polar surface area (TPSA) is 78.0 Å². The summed E-state index contributed by atoms with van der Waals surface area (Å²) in [4.78, 5) is 6.47. The number of aromatic nitrogens is 1. The zero-order chi connectivity index (χ0) is 14.3. The van der Waals surface area contributed by atoms with E-state index in [9.17, 15) is 0 Å². The van der Waals surface area contributed by atoms with E-state index in [0.29, 0.717) is 23.1 Å². The summed E-state index contributed by atoms with van der Waals surface area (Å²) < 4.78 is 0. The number of anilines is 2. The maximum absolute atomic E-state index is 8.87. The van der Waals surface area contributed by atoms with Gasteiger partial charge in [-0.25, -0.2) is 4.98 Å². The molecule has 1 rings (SSSR count). The molecule has 1 heterocycles. The molecule has 0 fully saturated rings. The summed E-state index contributed by atoms with van der Waals surface area (Å²) in [5.41, 5.74) is 6.74. The molecule has 0 radical (unpaired) electrons. The predicted molar refractivity (Wildman–Crippen MR) is 78.9 cm³/mol. The first-order valence-electron chi connectivity index (χ1n) is 6.65. The van der Waals surface area contributed by atoms with Gasteiger partial charge in [0.2, 0.25) is 0 Å². The van der Waals surface area contributed by atoms with Crippen molar-refractivity contribution in [1.29, 1.82) is 5.26 Å². The van der Waals surface area contributed by atoms with Gasteiger partial charge in [0.1, 0.15) is 6.07 Å².